The number of rotatable bonds is 7. The molecule has 1 aliphatic heterocycles. The summed E-state index contributed by atoms with van der Waals surface area (Å²) in [6.07, 6.45) is 2.60. The molecule has 0 aliphatic carbocycles. The van der Waals surface area contributed by atoms with Crippen molar-refractivity contribution in [1.82, 2.24) is 15.5 Å². The van der Waals surface area contributed by atoms with Crippen molar-refractivity contribution in [3.05, 3.63) is 23.8 Å². The lowest BCUT2D eigenvalue weighted by molar-refractivity contribution is 0.147. The second kappa shape index (κ2) is 10.3. The van der Waals surface area contributed by atoms with Crippen LogP contribution in [0.5, 0.6) is 11.5 Å². The number of likely N-dealkylation sites (tertiary alicyclic amines) is 1. The van der Waals surface area contributed by atoms with Crippen LogP contribution in [0.4, 0.5) is 0 Å². The molecule has 0 amide bonds. The maximum absolute atomic E-state index is 5.45. The second-order valence-corrected chi connectivity index (χ2v) is 7.05. The molecule has 1 aliphatic rings. The van der Waals surface area contributed by atoms with Crippen LogP contribution in [-0.4, -0.2) is 57.8 Å². The number of piperidine rings is 1. The van der Waals surface area contributed by atoms with E-state index >= 15 is 0 Å². The first-order valence-electron chi connectivity index (χ1n) is 9.46. The van der Waals surface area contributed by atoms with Gasteiger partial charge >= 0.3 is 0 Å². The Morgan fingerprint density at radius 2 is 1.96 bits per heavy atom. The Balaban J connectivity index is 1.82. The van der Waals surface area contributed by atoms with Crippen molar-refractivity contribution in [1.29, 1.82) is 0 Å². The van der Waals surface area contributed by atoms with Gasteiger partial charge in [0.25, 0.3) is 0 Å². The zero-order chi connectivity index (χ0) is 18.9. The summed E-state index contributed by atoms with van der Waals surface area (Å²) >= 11 is 0. The van der Waals surface area contributed by atoms with Crippen molar-refractivity contribution in [3.63, 3.8) is 0 Å². The van der Waals surface area contributed by atoms with E-state index in [0.717, 1.165) is 35.5 Å². The van der Waals surface area contributed by atoms with Crippen LogP contribution >= 0.6 is 0 Å². The fourth-order valence-corrected chi connectivity index (χ4v) is 3.24. The van der Waals surface area contributed by atoms with Crippen LogP contribution < -0.4 is 20.1 Å². The molecule has 2 rings (SSSR count). The zero-order valence-electron chi connectivity index (χ0n) is 16.8. The Bertz CT molecular complexity index is 583. The number of guanidine groups is 1. The number of aliphatic imine (C=N–C) groups is 1. The lowest BCUT2D eigenvalue weighted by atomic mass is 9.98. The van der Waals surface area contributed by atoms with Gasteiger partial charge in [-0.3, -0.25) is 9.89 Å². The summed E-state index contributed by atoms with van der Waals surface area (Å²) in [5.74, 6) is 3.27. The number of nitrogens with one attached hydrogen (secondary N) is 2. The van der Waals surface area contributed by atoms with E-state index in [2.05, 4.69) is 34.4 Å². The number of nitrogens with zero attached hydrogens (tertiary/aromatic N) is 2. The van der Waals surface area contributed by atoms with E-state index in [9.17, 15) is 0 Å². The van der Waals surface area contributed by atoms with Gasteiger partial charge in [-0.05, 0) is 50.9 Å². The van der Waals surface area contributed by atoms with Crippen molar-refractivity contribution in [2.75, 3.05) is 40.9 Å². The van der Waals surface area contributed by atoms with E-state index < -0.39 is 0 Å². The molecular weight excluding hydrogens is 328 g/mol. The Hall–Kier alpha value is -1.95. The molecule has 1 atom stereocenters. The first-order valence-corrected chi connectivity index (χ1v) is 9.46. The van der Waals surface area contributed by atoms with Gasteiger partial charge in [0.05, 0.1) is 14.2 Å². The largest absolute Gasteiger partial charge is 0.497 e. The third-order valence-electron chi connectivity index (χ3n) is 5.17. The minimum Gasteiger partial charge on any atom is -0.497 e. The van der Waals surface area contributed by atoms with Gasteiger partial charge in [0, 0.05) is 37.8 Å². The molecule has 1 aromatic carbocycles. The minimum absolute atomic E-state index is 0.497. The van der Waals surface area contributed by atoms with Crippen molar-refractivity contribution < 1.29 is 9.47 Å². The molecule has 146 valence electrons. The molecule has 6 nitrogen and oxygen atoms in total. The molecular formula is C20H34N4O2. The molecule has 0 aromatic heterocycles. The standard InChI is InChI=1S/C20H34N4O2/c1-15-8-10-24(11-9-15)16(2)13-22-20(21-3)23-14-17-6-7-18(25-4)12-19(17)26-5/h6-7,12,15-16H,8-11,13-14H2,1-5H3,(H2,21,22,23). The van der Waals surface area contributed by atoms with Gasteiger partial charge in [-0.15, -0.1) is 0 Å². The zero-order valence-corrected chi connectivity index (χ0v) is 16.8. The summed E-state index contributed by atoms with van der Waals surface area (Å²) < 4.78 is 10.7. The summed E-state index contributed by atoms with van der Waals surface area (Å²) in [6.45, 7) is 8.54. The summed E-state index contributed by atoms with van der Waals surface area (Å²) in [5, 5.41) is 6.80. The van der Waals surface area contributed by atoms with Crippen molar-refractivity contribution >= 4 is 5.96 Å². The normalized spacial score (nSPS) is 17.7. The number of methoxy groups -OCH3 is 2. The molecule has 1 heterocycles. The molecule has 1 fully saturated rings. The van der Waals surface area contributed by atoms with Crippen molar-refractivity contribution in [2.45, 2.75) is 39.3 Å². The quantitative estimate of drug-likeness (QED) is 0.576. The van der Waals surface area contributed by atoms with E-state index in [4.69, 9.17) is 9.47 Å². The molecule has 0 spiro atoms. The molecule has 1 saturated heterocycles. The summed E-state index contributed by atoms with van der Waals surface area (Å²) in [6, 6.07) is 6.34. The van der Waals surface area contributed by atoms with Gasteiger partial charge in [0.1, 0.15) is 11.5 Å². The smallest absolute Gasteiger partial charge is 0.191 e. The molecule has 0 radical (unpaired) electrons. The predicted molar refractivity (Wildman–Crippen MR) is 107 cm³/mol. The molecule has 2 N–H and O–H groups in total. The molecule has 6 heteroatoms. The maximum atomic E-state index is 5.45. The molecule has 1 unspecified atom stereocenters. The van der Waals surface area contributed by atoms with E-state index in [1.807, 2.05) is 18.2 Å². The van der Waals surface area contributed by atoms with Gasteiger partial charge in [-0.25, -0.2) is 0 Å². The molecule has 0 bridgehead atoms. The maximum Gasteiger partial charge on any atom is 0.191 e. The van der Waals surface area contributed by atoms with Crippen LogP contribution in [0.1, 0.15) is 32.3 Å². The summed E-state index contributed by atoms with van der Waals surface area (Å²) in [5.41, 5.74) is 1.06. The lowest BCUT2D eigenvalue weighted by Gasteiger charge is -2.35. The van der Waals surface area contributed by atoms with Crippen LogP contribution in [0.25, 0.3) is 0 Å². The fraction of sp³-hybridized carbons (Fsp3) is 0.650. The third kappa shape index (κ3) is 5.80. The Kier molecular flexibility index (Phi) is 8.04. The van der Waals surface area contributed by atoms with Crippen molar-refractivity contribution in [3.8, 4) is 11.5 Å². The van der Waals surface area contributed by atoms with Crippen LogP contribution in [0.3, 0.4) is 0 Å². The molecule has 1 aromatic rings. The van der Waals surface area contributed by atoms with Crippen LogP contribution in [0, 0.1) is 5.92 Å². The Morgan fingerprint density at radius 1 is 1.23 bits per heavy atom. The van der Waals surface area contributed by atoms with Crippen LogP contribution in [0.15, 0.2) is 23.2 Å². The average molecular weight is 363 g/mol. The average Bonchev–Trinajstić information content (AvgIpc) is 2.68. The summed E-state index contributed by atoms with van der Waals surface area (Å²) in [4.78, 5) is 6.89. The van der Waals surface area contributed by atoms with Gasteiger partial charge in [0.2, 0.25) is 0 Å². The van der Waals surface area contributed by atoms with Gasteiger partial charge in [-0.1, -0.05) is 6.92 Å². The summed E-state index contributed by atoms with van der Waals surface area (Å²) in [7, 11) is 5.13. The van der Waals surface area contributed by atoms with Gasteiger partial charge in [-0.2, -0.15) is 0 Å². The van der Waals surface area contributed by atoms with Gasteiger partial charge in [0.15, 0.2) is 5.96 Å². The number of benzene rings is 1. The number of ether oxygens (including phenoxy) is 2. The highest BCUT2D eigenvalue weighted by Gasteiger charge is 2.20. The highest BCUT2D eigenvalue weighted by Crippen LogP contribution is 2.24. The fourth-order valence-electron chi connectivity index (χ4n) is 3.24. The molecule has 0 saturated carbocycles. The van der Waals surface area contributed by atoms with E-state index in [1.54, 1.807) is 21.3 Å². The lowest BCUT2D eigenvalue weighted by Crippen LogP contribution is -2.48. The second-order valence-electron chi connectivity index (χ2n) is 7.05. The first-order chi connectivity index (χ1) is 12.6. The SMILES string of the molecule is CN=C(NCc1ccc(OC)cc1OC)NCC(C)N1CCC(C)CC1. The van der Waals surface area contributed by atoms with Gasteiger partial charge < -0.3 is 20.1 Å². The highest BCUT2D eigenvalue weighted by molar-refractivity contribution is 5.79. The Labute approximate surface area is 158 Å². The monoisotopic (exact) mass is 362 g/mol. The minimum atomic E-state index is 0.497. The molecule has 26 heavy (non-hydrogen) atoms. The van der Waals surface area contributed by atoms with Crippen LogP contribution in [-0.2, 0) is 6.54 Å². The first kappa shape index (κ1) is 20.4. The number of hydrogen-bond acceptors (Lipinski definition) is 4. The van der Waals surface area contributed by atoms with E-state index in [1.165, 1.54) is 25.9 Å². The Morgan fingerprint density at radius 3 is 2.58 bits per heavy atom. The third-order valence-corrected chi connectivity index (χ3v) is 5.17. The topological polar surface area (TPSA) is 58.1 Å². The van der Waals surface area contributed by atoms with E-state index in [0.29, 0.717) is 12.6 Å². The highest BCUT2D eigenvalue weighted by atomic mass is 16.5. The van der Waals surface area contributed by atoms with E-state index in [-0.39, 0.29) is 0 Å². The number of hydrogen-bond donors (Lipinski definition) is 2. The van der Waals surface area contributed by atoms with Crippen LogP contribution in [0.2, 0.25) is 0 Å². The predicted octanol–water partition coefficient (Wildman–Crippen LogP) is 2.49. The van der Waals surface area contributed by atoms with Crippen molar-refractivity contribution in [2.24, 2.45) is 10.9 Å².